The van der Waals surface area contributed by atoms with Crippen molar-refractivity contribution < 1.29 is 0 Å². The van der Waals surface area contributed by atoms with Gasteiger partial charge < -0.3 is 11.1 Å². The lowest BCUT2D eigenvalue weighted by molar-refractivity contribution is 0.625. The van der Waals surface area contributed by atoms with Crippen molar-refractivity contribution in [2.45, 2.75) is 38.1 Å². The van der Waals surface area contributed by atoms with E-state index >= 15 is 0 Å². The third-order valence-electron chi connectivity index (χ3n) is 3.71. The molecule has 1 aromatic carbocycles. The predicted molar refractivity (Wildman–Crippen MR) is 106 cm³/mol. The molecule has 4 nitrogen and oxygen atoms in total. The van der Waals surface area contributed by atoms with E-state index in [2.05, 4.69) is 15.3 Å². The highest BCUT2D eigenvalue weighted by Crippen LogP contribution is 2.25. The number of hydrogen-bond donors (Lipinski definition) is 2. The summed E-state index contributed by atoms with van der Waals surface area (Å²) in [7, 11) is 0. The van der Waals surface area contributed by atoms with Crippen LogP contribution in [0.5, 0.6) is 0 Å². The first kappa shape index (κ1) is 17.7. The first-order chi connectivity index (χ1) is 10.2. The summed E-state index contributed by atoms with van der Waals surface area (Å²) < 4.78 is 1.16. The molecule has 1 heterocycles. The molecule has 0 radical (unpaired) electrons. The van der Waals surface area contributed by atoms with E-state index < -0.39 is 0 Å². The van der Waals surface area contributed by atoms with Gasteiger partial charge in [-0.15, -0.1) is 35.3 Å². The molecular formula is C15H20ClIN4S. The molecule has 0 bridgehead atoms. The Labute approximate surface area is 156 Å². The van der Waals surface area contributed by atoms with Crippen molar-refractivity contribution in [2.75, 3.05) is 6.54 Å². The number of hydrogen-bond acceptors (Lipinski definition) is 3. The van der Waals surface area contributed by atoms with Crippen molar-refractivity contribution in [3.8, 4) is 0 Å². The largest absolute Gasteiger partial charge is 0.370 e. The predicted octanol–water partition coefficient (Wildman–Crippen LogP) is 3.96. The lowest BCUT2D eigenvalue weighted by Crippen LogP contribution is -2.38. The van der Waals surface area contributed by atoms with Crippen molar-refractivity contribution in [3.05, 3.63) is 28.2 Å². The molecule has 1 aliphatic carbocycles. The molecule has 1 aliphatic rings. The summed E-state index contributed by atoms with van der Waals surface area (Å²) in [5, 5.41) is 5.09. The monoisotopic (exact) mass is 450 g/mol. The number of fused-ring (bicyclic) bond motifs is 1. The van der Waals surface area contributed by atoms with Gasteiger partial charge in [-0.25, -0.2) is 4.98 Å². The zero-order valence-electron chi connectivity index (χ0n) is 12.2. The first-order valence-corrected chi connectivity index (χ1v) is 8.51. The Balaban J connectivity index is 0.00000176. The zero-order chi connectivity index (χ0) is 14.7. The van der Waals surface area contributed by atoms with E-state index in [0.717, 1.165) is 26.7 Å². The van der Waals surface area contributed by atoms with E-state index in [9.17, 15) is 0 Å². The first-order valence-electron chi connectivity index (χ1n) is 7.32. The molecule has 0 saturated heterocycles. The lowest BCUT2D eigenvalue weighted by Gasteiger charge is -2.11. The van der Waals surface area contributed by atoms with Crippen LogP contribution in [0.25, 0.3) is 10.2 Å². The fraction of sp³-hybridized carbons (Fsp3) is 0.467. The van der Waals surface area contributed by atoms with Gasteiger partial charge in [0, 0.05) is 24.0 Å². The highest BCUT2D eigenvalue weighted by molar-refractivity contribution is 14.0. The third-order valence-corrected chi connectivity index (χ3v) is 5.04. The van der Waals surface area contributed by atoms with Crippen LogP contribution >= 0.6 is 46.9 Å². The Morgan fingerprint density at radius 2 is 2.18 bits per heavy atom. The molecule has 1 saturated carbocycles. The van der Waals surface area contributed by atoms with Crippen molar-refractivity contribution in [3.63, 3.8) is 0 Å². The standard InChI is InChI=1S/C15H19ClN4S.HI/c16-10-5-6-13-12(9-10)20-14(21-13)7-8-18-15(17)19-11-3-1-2-4-11;/h5-6,9,11H,1-4,7-8H2,(H3,17,18,19);1H. The minimum atomic E-state index is 0. The Kier molecular flexibility index (Phi) is 6.70. The van der Waals surface area contributed by atoms with Crippen molar-refractivity contribution >= 4 is 63.1 Å². The number of guanidine groups is 1. The smallest absolute Gasteiger partial charge is 0.188 e. The van der Waals surface area contributed by atoms with Gasteiger partial charge in [0.15, 0.2) is 5.96 Å². The Bertz CT molecular complexity index is 652. The van der Waals surface area contributed by atoms with Crippen LogP contribution in [-0.4, -0.2) is 23.5 Å². The van der Waals surface area contributed by atoms with Gasteiger partial charge in [-0.1, -0.05) is 24.4 Å². The molecule has 22 heavy (non-hydrogen) atoms. The molecular weight excluding hydrogens is 431 g/mol. The number of nitrogens with two attached hydrogens (primary N) is 1. The number of rotatable bonds is 4. The second kappa shape index (κ2) is 8.31. The molecule has 0 atom stereocenters. The molecule has 2 aromatic rings. The second-order valence-corrected chi connectivity index (χ2v) is 6.91. The number of benzene rings is 1. The maximum Gasteiger partial charge on any atom is 0.188 e. The van der Waals surface area contributed by atoms with Crippen LogP contribution in [0.15, 0.2) is 23.2 Å². The SMILES string of the molecule is I.NC(=NCCc1nc2cc(Cl)ccc2s1)NC1CCCC1. The number of halogens is 2. The van der Waals surface area contributed by atoms with Gasteiger partial charge in [0.05, 0.1) is 15.2 Å². The van der Waals surface area contributed by atoms with Gasteiger partial charge in [-0.2, -0.15) is 0 Å². The van der Waals surface area contributed by atoms with Gasteiger partial charge in [0.1, 0.15) is 0 Å². The van der Waals surface area contributed by atoms with Crippen molar-refractivity contribution in [1.82, 2.24) is 10.3 Å². The zero-order valence-corrected chi connectivity index (χ0v) is 16.1. The Morgan fingerprint density at radius 1 is 1.41 bits per heavy atom. The Morgan fingerprint density at radius 3 is 2.95 bits per heavy atom. The van der Waals surface area contributed by atoms with Gasteiger partial charge in [-0.3, -0.25) is 4.99 Å². The highest BCUT2D eigenvalue weighted by atomic mass is 127. The van der Waals surface area contributed by atoms with Crippen LogP contribution in [0.2, 0.25) is 5.02 Å². The number of nitrogens with zero attached hydrogens (tertiary/aromatic N) is 2. The minimum Gasteiger partial charge on any atom is -0.370 e. The summed E-state index contributed by atoms with van der Waals surface area (Å²) in [5.41, 5.74) is 6.88. The maximum atomic E-state index is 5.97. The molecule has 7 heteroatoms. The fourth-order valence-electron chi connectivity index (χ4n) is 2.65. The van der Waals surface area contributed by atoms with Crippen LogP contribution in [0.3, 0.4) is 0 Å². The molecule has 120 valence electrons. The van der Waals surface area contributed by atoms with E-state index in [1.165, 1.54) is 25.7 Å². The van der Waals surface area contributed by atoms with E-state index in [-0.39, 0.29) is 24.0 Å². The lowest BCUT2D eigenvalue weighted by atomic mass is 10.2. The van der Waals surface area contributed by atoms with Crippen LogP contribution < -0.4 is 11.1 Å². The molecule has 3 N–H and O–H groups in total. The summed E-state index contributed by atoms with van der Waals surface area (Å²) >= 11 is 7.66. The molecule has 1 aromatic heterocycles. The fourth-order valence-corrected chi connectivity index (χ4v) is 3.75. The highest BCUT2D eigenvalue weighted by Gasteiger charge is 2.14. The third kappa shape index (κ3) is 4.70. The molecule has 0 unspecified atom stereocenters. The van der Waals surface area contributed by atoms with Gasteiger partial charge in [0.2, 0.25) is 0 Å². The minimum absolute atomic E-state index is 0. The molecule has 3 rings (SSSR count). The quantitative estimate of drug-likeness (QED) is 0.421. The normalized spacial score (nSPS) is 16.0. The summed E-state index contributed by atoms with van der Waals surface area (Å²) in [6.45, 7) is 0.666. The second-order valence-electron chi connectivity index (χ2n) is 5.36. The van der Waals surface area contributed by atoms with Gasteiger partial charge in [-0.05, 0) is 31.0 Å². The number of aliphatic imine (C=N–C) groups is 1. The van der Waals surface area contributed by atoms with Crippen LogP contribution in [0.4, 0.5) is 0 Å². The molecule has 1 fully saturated rings. The average Bonchev–Trinajstić information content (AvgIpc) is 3.07. The van der Waals surface area contributed by atoms with Crippen molar-refractivity contribution in [2.24, 2.45) is 10.7 Å². The average molecular weight is 451 g/mol. The van der Waals surface area contributed by atoms with E-state index in [4.69, 9.17) is 17.3 Å². The van der Waals surface area contributed by atoms with Gasteiger partial charge in [0.25, 0.3) is 0 Å². The summed E-state index contributed by atoms with van der Waals surface area (Å²) in [4.78, 5) is 8.97. The van der Waals surface area contributed by atoms with E-state index in [0.29, 0.717) is 18.5 Å². The van der Waals surface area contributed by atoms with E-state index in [1.807, 2.05) is 18.2 Å². The molecule has 0 spiro atoms. The van der Waals surface area contributed by atoms with Crippen LogP contribution in [0, 0.1) is 0 Å². The van der Waals surface area contributed by atoms with Crippen molar-refractivity contribution in [1.29, 1.82) is 0 Å². The molecule has 0 amide bonds. The van der Waals surface area contributed by atoms with E-state index in [1.54, 1.807) is 11.3 Å². The molecule has 0 aliphatic heterocycles. The summed E-state index contributed by atoms with van der Waals surface area (Å²) in [6.07, 6.45) is 5.80. The maximum absolute atomic E-state index is 5.97. The summed E-state index contributed by atoms with van der Waals surface area (Å²) in [6, 6.07) is 6.32. The van der Waals surface area contributed by atoms with Crippen LogP contribution in [0.1, 0.15) is 30.7 Å². The summed E-state index contributed by atoms with van der Waals surface area (Å²) in [5.74, 6) is 0.561. The van der Waals surface area contributed by atoms with Crippen LogP contribution in [-0.2, 0) is 6.42 Å². The number of aromatic nitrogens is 1. The number of nitrogens with one attached hydrogen (secondary N) is 1. The van der Waals surface area contributed by atoms with Gasteiger partial charge >= 0.3 is 0 Å². The topological polar surface area (TPSA) is 63.3 Å². The number of thiazole rings is 1. The Hall–Kier alpha value is -0.600.